The van der Waals surface area contributed by atoms with E-state index in [9.17, 15) is 4.79 Å². The van der Waals surface area contributed by atoms with Crippen LogP contribution in [0.4, 0.5) is 0 Å². The molecule has 0 radical (unpaired) electrons. The molecular weight excluding hydrogens is 222 g/mol. The van der Waals surface area contributed by atoms with Crippen LogP contribution < -0.4 is 0 Å². The van der Waals surface area contributed by atoms with Crippen LogP contribution in [-0.2, 0) is 19.0 Å². The van der Waals surface area contributed by atoms with Crippen molar-refractivity contribution in [1.29, 1.82) is 0 Å². The third-order valence-corrected chi connectivity index (χ3v) is 3.45. The summed E-state index contributed by atoms with van der Waals surface area (Å²) in [4.78, 5) is 13.6. The maximum absolute atomic E-state index is 11.4. The van der Waals surface area contributed by atoms with Gasteiger partial charge >= 0.3 is 5.97 Å². The Morgan fingerprint density at radius 3 is 2.82 bits per heavy atom. The molecule has 17 heavy (non-hydrogen) atoms. The lowest BCUT2D eigenvalue weighted by Gasteiger charge is -2.39. The first-order chi connectivity index (χ1) is 8.15. The highest BCUT2D eigenvalue weighted by Gasteiger charge is 2.41. The maximum atomic E-state index is 11.4. The Labute approximate surface area is 102 Å². The number of carbonyl (C=O) groups excluding carboxylic acids is 1. The third kappa shape index (κ3) is 2.97. The van der Waals surface area contributed by atoms with E-state index in [1.165, 1.54) is 7.11 Å². The average molecular weight is 243 g/mol. The molecule has 1 spiro atoms. The number of nitrogens with zero attached hydrogens (tertiary/aromatic N) is 1. The van der Waals surface area contributed by atoms with Gasteiger partial charge in [0.1, 0.15) is 0 Å². The summed E-state index contributed by atoms with van der Waals surface area (Å²) in [5.41, 5.74) is 0. The number of piperidine rings is 1. The lowest BCUT2D eigenvalue weighted by Crippen LogP contribution is -2.50. The highest BCUT2D eigenvalue weighted by molar-refractivity contribution is 5.72. The van der Waals surface area contributed by atoms with E-state index in [1.54, 1.807) is 0 Å². The van der Waals surface area contributed by atoms with Crippen molar-refractivity contribution < 1.29 is 19.0 Å². The lowest BCUT2D eigenvalue weighted by molar-refractivity contribution is -0.191. The second-order valence-electron chi connectivity index (χ2n) is 4.87. The molecule has 2 aliphatic heterocycles. The van der Waals surface area contributed by atoms with Crippen molar-refractivity contribution in [3.8, 4) is 0 Å². The summed E-state index contributed by atoms with van der Waals surface area (Å²) in [5, 5.41) is 0. The largest absolute Gasteiger partial charge is 0.469 e. The molecule has 2 heterocycles. The Morgan fingerprint density at radius 1 is 1.47 bits per heavy atom. The highest BCUT2D eigenvalue weighted by atomic mass is 16.7. The van der Waals surface area contributed by atoms with E-state index >= 15 is 0 Å². The summed E-state index contributed by atoms with van der Waals surface area (Å²) in [6.45, 7) is 5.72. The predicted octanol–water partition coefficient (Wildman–Crippen LogP) is 0.634. The van der Waals surface area contributed by atoms with Gasteiger partial charge in [-0.3, -0.25) is 9.69 Å². The van der Waals surface area contributed by atoms with Gasteiger partial charge in [0.15, 0.2) is 5.79 Å². The molecule has 0 aromatic rings. The molecular formula is C12H21NO4. The molecule has 1 unspecified atom stereocenters. The normalized spacial score (nSPS) is 26.0. The topological polar surface area (TPSA) is 48.0 Å². The Kier molecular flexibility index (Phi) is 4.01. The number of esters is 1. The molecule has 2 aliphatic rings. The van der Waals surface area contributed by atoms with Gasteiger partial charge in [0.25, 0.3) is 0 Å². The zero-order valence-electron chi connectivity index (χ0n) is 10.6. The number of hydrogen-bond donors (Lipinski definition) is 0. The van der Waals surface area contributed by atoms with Gasteiger partial charge in [-0.05, 0) is 13.0 Å². The molecule has 0 amide bonds. The number of methoxy groups -OCH3 is 1. The molecule has 5 nitrogen and oxygen atoms in total. The van der Waals surface area contributed by atoms with Crippen LogP contribution in [0.3, 0.4) is 0 Å². The Balaban J connectivity index is 1.87. The second kappa shape index (κ2) is 5.33. The molecule has 2 saturated heterocycles. The molecule has 5 heteroatoms. The number of carbonyl (C=O) groups is 1. The quantitative estimate of drug-likeness (QED) is 0.681. The first-order valence-electron chi connectivity index (χ1n) is 6.23. The summed E-state index contributed by atoms with van der Waals surface area (Å²) >= 11 is 0. The van der Waals surface area contributed by atoms with Gasteiger partial charge in [-0.15, -0.1) is 0 Å². The SMILES string of the molecule is COC(=O)C(C)CN1CCCC2(C1)OCCO2. The maximum Gasteiger partial charge on any atom is 0.309 e. The van der Waals surface area contributed by atoms with Gasteiger partial charge < -0.3 is 14.2 Å². The zero-order chi connectivity index (χ0) is 12.3. The molecule has 2 rings (SSSR count). The van der Waals surface area contributed by atoms with E-state index in [-0.39, 0.29) is 11.9 Å². The van der Waals surface area contributed by atoms with Crippen molar-refractivity contribution in [3.05, 3.63) is 0 Å². The molecule has 0 aliphatic carbocycles. The van der Waals surface area contributed by atoms with Crippen molar-refractivity contribution >= 4 is 5.97 Å². The van der Waals surface area contributed by atoms with E-state index in [0.29, 0.717) is 19.8 Å². The van der Waals surface area contributed by atoms with Crippen LogP contribution in [-0.4, -0.2) is 56.6 Å². The van der Waals surface area contributed by atoms with Crippen molar-refractivity contribution in [2.45, 2.75) is 25.6 Å². The van der Waals surface area contributed by atoms with Crippen LogP contribution in [0.2, 0.25) is 0 Å². The fraction of sp³-hybridized carbons (Fsp3) is 0.917. The monoisotopic (exact) mass is 243 g/mol. The van der Waals surface area contributed by atoms with E-state index in [4.69, 9.17) is 14.2 Å². The van der Waals surface area contributed by atoms with Gasteiger partial charge in [0.05, 0.1) is 32.8 Å². The van der Waals surface area contributed by atoms with E-state index in [1.807, 2.05) is 6.92 Å². The molecule has 1 atom stereocenters. The summed E-state index contributed by atoms with van der Waals surface area (Å²) in [6, 6.07) is 0. The number of hydrogen-bond acceptors (Lipinski definition) is 5. The fourth-order valence-corrected chi connectivity index (χ4v) is 2.62. The zero-order valence-corrected chi connectivity index (χ0v) is 10.6. The van der Waals surface area contributed by atoms with Crippen molar-refractivity contribution in [2.75, 3.05) is 40.0 Å². The Hall–Kier alpha value is -0.650. The van der Waals surface area contributed by atoms with Crippen LogP contribution in [0.1, 0.15) is 19.8 Å². The molecule has 2 fully saturated rings. The van der Waals surface area contributed by atoms with Crippen LogP contribution in [0.25, 0.3) is 0 Å². The first kappa shape index (κ1) is 12.8. The summed E-state index contributed by atoms with van der Waals surface area (Å²) < 4.78 is 16.1. The first-order valence-corrected chi connectivity index (χ1v) is 6.23. The summed E-state index contributed by atoms with van der Waals surface area (Å²) in [7, 11) is 1.43. The van der Waals surface area contributed by atoms with Crippen molar-refractivity contribution in [1.82, 2.24) is 4.90 Å². The van der Waals surface area contributed by atoms with Crippen LogP contribution >= 0.6 is 0 Å². The molecule has 0 saturated carbocycles. The lowest BCUT2D eigenvalue weighted by atomic mass is 10.0. The van der Waals surface area contributed by atoms with Crippen molar-refractivity contribution in [3.63, 3.8) is 0 Å². The Morgan fingerprint density at radius 2 is 2.18 bits per heavy atom. The van der Waals surface area contributed by atoms with Crippen LogP contribution in [0, 0.1) is 5.92 Å². The van der Waals surface area contributed by atoms with E-state index < -0.39 is 5.79 Å². The van der Waals surface area contributed by atoms with Crippen LogP contribution in [0.15, 0.2) is 0 Å². The fourth-order valence-electron chi connectivity index (χ4n) is 2.62. The van der Waals surface area contributed by atoms with E-state index in [2.05, 4.69) is 4.90 Å². The second-order valence-corrected chi connectivity index (χ2v) is 4.87. The molecule has 0 aromatic heterocycles. The van der Waals surface area contributed by atoms with Gasteiger partial charge in [0.2, 0.25) is 0 Å². The van der Waals surface area contributed by atoms with Crippen LogP contribution in [0.5, 0.6) is 0 Å². The smallest absolute Gasteiger partial charge is 0.309 e. The van der Waals surface area contributed by atoms with Gasteiger partial charge in [-0.2, -0.15) is 0 Å². The minimum atomic E-state index is -0.409. The minimum Gasteiger partial charge on any atom is -0.469 e. The number of rotatable bonds is 3. The highest BCUT2D eigenvalue weighted by Crippen LogP contribution is 2.30. The number of ether oxygens (including phenoxy) is 3. The molecule has 98 valence electrons. The molecule has 0 bridgehead atoms. The average Bonchev–Trinajstić information content (AvgIpc) is 2.76. The van der Waals surface area contributed by atoms with Crippen molar-refractivity contribution in [2.24, 2.45) is 5.92 Å². The van der Waals surface area contributed by atoms with Gasteiger partial charge in [-0.1, -0.05) is 6.92 Å². The minimum absolute atomic E-state index is 0.100. The standard InChI is InChI=1S/C12H21NO4/c1-10(11(14)15-2)8-13-5-3-4-12(9-13)16-6-7-17-12/h10H,3-9H2,1-2H3. The van der Waals surface area contributed by atoms with Gasteiger partial charge in [0, 0.05) is 13.0 Å². The van der Waals surface area contributed by atoms with Gasteiger partial charge in [-0.25, -0.2) is 0 Å². The summed E-state index contributed by atoms with van der Waals surface area (Å²) in [5.74, 6) is -0.664. The molecule has 0 N–H and O–H groups in total. The molecule has 0 aromatic carbocycles. The summed E-state index contributed by atoms with van der Waals surface area (Å²) in [6.07, 6.45) is 2.00. The Bertz CT molecular complexity index is 276. The number of likely N-dealkylation sites (tertiary alicyclic amines) is 1. The third-order valence-electron chi connectivity index (χ3n) is 3.45. The predicted molar refractivity (Wildman–Crippen MR) is 61.5 cm³/mol. The van der Waals surface area contributed by atoms with E-state index in [0.717, 1.165) is 25.9 Å².